The molecule has 1 aromatic heterocycles. The maximum atomic E-state index is 12.8. The highest BCUT2D eigenvalue weighted by Crippen LogP contribution is 2.38. The van der Waals surface area contributed by atoms with Crippen LogP contribution in [0.1, 0.15) is 12.6 Å². The van der Waals surface area contributed by atoms with Crippen LogP contribution in [0.3, 0.4) is 0 Å². The minimum Gasteiger partial charge on any atom is -0.479 e. The van der Waals surface area contributed by atoms with Crippen LogP contribution in [-0.4, -0.2) is 93.2 Å². The van der Waals surface area contributed by atoms with Crippen molar-refractivity contribution < 1.29 is 48.1 Å². The summed E-state index contributed by atoms with van der Waals surface area (Å²) in [4.78, 5) is 69.9. The number of hydrogen-bond donors (Lipinski definition) is 2. The fourth-order valence-corrected chi connectivity index (χ4v) is 5.03. The van der Waals surface area contributed by atoms with E-state index in [-0.39, 0.29) is 23.7 Å². The third kappa shape index (κ3) is 5.22. The quantitative estimate of drug-likeness (QED) is 0.186. The molecule has 3 aliphatic rings. The van der Waals surface area contributed by atoms with Gasteiger partial charge in [0.15, 0.2) is 11.8 Å². The summed E-state index contributed by atoms with van der Waals surface area (Å²) in [6.45, 7) is 0.585. The lowest BCUT2D eigenvalue weighted by atomic mass is 10.0. The summed E-state index contributed by atoms with van der Waals surface area (Å²) >= 11 is 2.50. The van der Waals surface area contributed by atoms with Crippen molar-refractivity contribution in [1.29, 1.82) is 0 Å². The number of thiazole rings is 1. The zero-order valence-electron chi connectivity index (χ0n) is 17.9. The molecule has 14 nitrogen and oxygen atoms in total. The smallest absolute Gasteiger partial charge is 0.479 e. The maximum absolute atomic E-state index is 12.8. The summed E-state index contributed by atoms with van der Waals surface area (Å²) in [6.07, 6.45) is -0.664. The van der Waals surface area contributed by atoms with Crippen molar-refractivity contribution in [2.75, 3.05) is 19.0 Å². The minimum atomic E-state index is -1.28. The Morgan fingerprint density at radius 3 is 2.80 bits per heavy atom. The molecule has 4 heterocycles. The van der Waals surface area contributed by atoms with Crippen molar-refractivity contribution in [3.8, 4) is 0 Å². The number of cyclic esters (lactones) is 2. The van der Waals surface area contributed by atoms with Gasteiger partial charge in [-0.25, -0.2) is 19.4 Å². The number of thioether (sulfide) groups is 1. The minimum absolute atomic E-state index is 0.0142. The normalized spacial score (nSPS) is 25.5. The van der Waals surface area contributed by atoms with Gasteiger partial charge < -0.3 is 29.5 Å². The van der Waals surface area contributed by atoms with Crippen molar-refractivity contribution in [3.63, 3.8) is 0 Å². The van der Waals surface area contributed by atoms with Gasteiger partial charge in [-0.1, -0.05) is 5.16 Å². The van der Waals surface area contributed by atoms with E-state index < -0.39 is 60.1 Å². The lowest BCUT2D eigenvalue weighted by molar-refractivity contribution is -0.153. The summed E-state index contributed by atoms with van der Waals surface area (Å²) in [5.74, 6) is -3.04. The molecule has 4 unspecified atom stereocenters. The number of oxime groups is 1. The van der Waals surface area contributed by atoms with Gasteiger partial charge in [0.05, 0.1) is 5.51 Å². The Labute approximate surface area is 205 Å². The molecular formula is C19H18N4O10S2. The third-order valence-electron chi connectivity index (χ3n) is 5.01. The summed E-state index contributed by atoms with van der Waals surface area (Å²) in [5, 5.41) is 15.8. The van der Waals surface area contributed by atoms with Crippen LogP contribution in [0.4, 0.5) is 4.79 Å². The van der Waals surface area contributed by atoms with Gasteiger partial charge in [0.2, 0.25) is 6.61 Å². The van der Waals surface area contributed by atoms with Crippen molar-refractivity contribution in [2.24, 2.45) is 5.16 Å². The average molecular weight is 527 g/mol. The molecule has 35 heavy (non-hydrogen) atoms. The molecule has 2 N–H and O–H groups in total. The van der Waals surface area contributed by atoms with Crippen LogP contribution in [0.15, 0.2) is 27.8 Å². The van der Waals surface area contributed by atoms with E-state index >= 15 is 0 Å². The second-order valence-electron chi connectivity index (χ2n) is 7.28. The zero-order valence-corrected chi connectivity index (χ0v) is 19.6. The first-order valence-electron chi connectivity index (χ1n) is 10.1. The van der Waals surface area contributed by atoms with Crippen molar-refractivity contribution in [2.45, 2.75) is 30.5 Å². The summed E-state index contributed by atoms with van der Waals surface area (Å²) in [7, 11) is 0. The van der Waals surface area contributed by atoms with Crippen LogP contribution in [0.2, 0.25) is 0 Å². The number of amides is 2. The maximum Gasteiger partial charge on any atom is 0.509 e. The van der Waals surface area contributed by atoms with Crippen LogP contribution < -0.4 is 5.32 Å². The Morgan fingerprint density at radius 2 is 2.14 bits per heavy atom. The number of nitrogens with zero attached hydrogens (tertiary/aromatic N) is 3. The van der Waals surface area contributed by atoms with Gasteiger partial charge in [-0.15, -0.1) is 23.1 Å². The van der Waals surface area contributed by atoms with E-state index in [0.29, 0.717) is 5.75 Å². The first-order chi connectivity index (χ1) is 16.8. The number of carbonyl (C=O) groups excluding carboxylic acids is 4. The number of hydrogen-bond acceptors (Lipinski definition) is 13. The Bertz CT molecular complexity index is 1110. The lowest BCUT2D eigenvalue weighted by Crippen LogP contribution is -2.70. The Kier molecular flexibility index (Phi) is 7.20. The molecular weight excluding hydrogens is 508 g/mol. The molecule has 2 fully saturated rings. The van der Waals surface area contributed by atoms with Gasteiger partial charge in [0.1, 0.15) is 35.5 Å². The zero-order chi connectivity index (χ0) is 25.1. The largest absolute Gasteiger partial charge is 0.509 e. The fourth-order valence-electron chi connectivity index (χ4n) is 3.30. The monoisotopic (exact) mass is 526 g/mol. The topological polar surface area (TPSA) is 183 Å². The number of β-lactam (4-membered cyclic amide) rings is 1. The molecule has 16 heteroatoms. The van der Waals surface area contributed by atoms with E-state index in [0.717, 1.165) is 0 Å². The van der Waals surface area contributed by atoms with Crippen LogP contribution >= 0.6 is 23.1 Å². The molecule has 186 valence electrons. The number of carbonyl (C=O) groups is 5. The molecule has 2 saturated heterocycles. The first-order valence-corrected chi connectivity index (χ1v) is 12.1. The number of rotatable bonds is 9. The highest BCUT2D eigenvalue weighted by Gasteiger charge is 2.53. The average Bonchev–Trinajstić information content (AvgIpc) is 3.46. The molecule has 4 rings (SSSR count). The molecule has 3 aliphatic heterocycles. The van der Waals surface area contributed by atoms with Gasteiger partial charge in [-0.05, 0) is 13.0 Å². The summed E-state index contributed by atoms with van der Waals surface area (Å²) < 4.78 is 14.9. The molecule has 1 aromatic rings. The van der Waals surface area contributed by atoms with Crippen molar-refractivity contribution >= 4 is 58.7 Å². The van der Waals surface area contributed by atoms with E-state index in [1.54, 1.807) is 6.92 Å². The van der Waals surface area contributed by atoms with Gasteiger partial charge in [0, 0.05) is 11.1 Å². The van der Waals surface area contributed by atoms with Gasteiger partial charge in [-0.2, -0.15) is 0 Å². The molecule has 2 amide bonds. The van der Waals surface area contributed by atoms with E-state index in [1.807, 2.05) is 0 Å². The predicted octanol–water partition coefficient (Wildman–Crippen LogP) is -0.301. The number of nitrogens with one attached hydrogen (secondary N) is 1. The molecule has 0 bridgehead atoms. The fraction of sp³-hybridized carbons (Fsp3) is 0.421. The molecule has 0 aromatic carbocycles. The van der Waals surface area contributed by atoms with Crippen LogP contribution in [0, 0.1) is 0 Å². The molecule has 0 radical (unpaired) electrons. The van der Waals surface area contributed by atoms with E-state index in [9.17, 15) is 24.0 Å². The second-order valence-corrected chi connectivity index (χ2v) is 9.15. The van der Waals surface area contributed by atoms with Crippen LogP contribution in [-0.2, 0) is 38.2 Å². The lowest BCUT2D eigenvalue weighted by Gasteiger charge is -2.48. The Hall–Kier alpha value is -3.66. The van der Waals surface area contributed by atoms with E-state index in [2.05, 4.69) is 20.3 Å². The van der Waals surface area contributed by atoms with Crippen LogP contribution in [0.5, 0.6) is 0 Å². The SMILES string of the molecule is CC1OC(=O)OC1COC(=O)C1=CCSC2C(NC(=O)/C(=N/OCC(=O)O)c3cscn3)C(=O)N12. The second kappa shape index (κ2) is 10.3. The van der Waals surface area contributed by atoms with E-state index in [1.165, 1.54) is 45.0 Å². The summed E-state index contributed by atoms with van der Waals surface area (Å²) in [6, 6.07) is -0.975. The first kappa shape index (κ1) is 24.5. The van der Waals surface area contributed by atoms with Gasteiger partial charge >= 0.3 is 18.1 Å². The number of ether oxygens (including phenoxy) is 3. The Morgan fingerprint density at radius 1 is 1.34 bits per heavy atom. The Balaban J connectivity index is 1.38. The summed E-state index contributed by atoms with van der Waals surface area (Å²) in [5.41, 5.74) is 1.32. The number of aliphatic carboxylic acids is 1. The highest BCUT2D eigenvalue weighted by atomic mass is 32.2. The predicted molar refractivity (Wildman–Crippen MR) is 117 cm³/mol. The molecule has 0 aliphatic carbocycles. The standard InChI is InChI=1S/C19H18N4O10S2/c1-8-11(33-19(29)32-8)4-30-18(28)10-2-3-35-17-14(16(27)23(10)17)21-15(26)13(9-6-34-7-20-9)22-31-5-12(24)25/h2,6-8,11,14,17H,3-5H2,1H3,(H,21,26)(H,24,25)/b22-13+. The number of fused-ring (bicyclic) bond motifs is 1. The third-order valence-corrected chi connectivity index (χ3v) is 6.78. The molecule has 4 atom stereocenters. The highest BCUT2D eigenvalue weighted by molar-refractivity contribution is 8.00. The van der Waals surface area contributed by atoms with Crippen molar-refractivity contribution in [3.05, 3.63) is 28.4 Å². The van der Waals surface area contributed by atoms with Gasteiger partial charge in [0.25, 0.3) is 11.8 Å². The van der Waals surface area contributed by atoms with E-state index in [4.69, 9.17) is 19.3 Å². The van der Waals surface area contributed by atoms with Crippen molar-refractivity contribution in [1.82, 2.24) is 15.2 Å². The van der Waals surface area contributed by atoms with Crippen LogP contribution in [0.25, 0.3) is 0 Å². The molecule has 0 saturated carbocycles. The number of esters is 1. The van der Waals surface area contributed by atoms with Gasteiger partial charge in [-0.3, -0.25) is 14.5 Å². The number of carboxylic acids is 1. The number of carboxylic acid groups (broad SMARTS) is 1. The number of aromatic nitrogens is 1. The molecule has 0 spiro atoms.